The molecule has 0 fully saturated rings. The standard InChI is InChI=1S/C22H15F3N6O4S/c1-11-5-14(18-16(23)3-2-4-17(18)35-20(24)25)15(8-26-11)19(33)29-21-30-31-22(36-21)34-10-13-7-27-12(9-32)6-28-13/h2-9,20H,10H2,1H3,(H,29,30,33). The van der Waals surface area contributed by atoms with Crippen LogP contribution in [0.3, 0.4) is 0 Å². The third kappa shape index (κ3) is 5.78. The Morgan fingerprint density at radius 2 is 2.00 bits per heavy atom. The van der Waals surface area contributed by atoms with Crippen molar-refractivity contribution in [1.82, 2.24) is 25.1 Å². The minimum atomic E-state index is -3.19. The van der Waals surface area contributed by atoms with E-state index in [1.54, 1.807) is 6.92 Å². The lowest BCUT2D eigenvalue weighted by Gasteiger charge is -2.15. The maximum absolute atomic E-state index is 14.7. The molecule has 0 spiro atoms. The van der Waals surface area contributed by atoms with Crippen LogP contribution in [0, 0.1) is 12.7 Å². The van der Waals surface area contributed by atoms with Gasteiger partial charge in [-0.2, -0.15) is 8.78 Å². The molecule has 10 nitrogen and oxygen atoms in total. The highest BCUT2D eigenvalue weighted by atomic mass is 32.1. The Balaban J connectivity index is 1.54. The predicted molar refractivity (Wildman–Crippen MR) is 121 cm³/mol. The molecule has 184 valence electrons. The molecule has 3 aromatic heterocycles. The Morgan fingerprint density at radius 1 is 1.17 bits per heavy atom. The lowest BCUT2D eigenvalue weighted by Crippen LogP contribution is -2.14. The highest BCUT2D eigenvalue weighted by Gasteiger charge is 2.23. The van der Waals surface area contributed by atoms with Gasteiger partial charge in [-0.25, -0.2) is 9.37 Å². The molecule has 1 amide bonds. The Morgan fingerprint density at radius 3 is 2.72 bits per heavy atom. The van der Waals surface area contributed by atoms with E-state index in [0.717, 1.165) is 17.4 Å². The molecular weight excluding hydrogens is 501 g/mol. The number of alkyl halides is 2. The third-order valence-corrected chi connectivity index (χ3v) is 5.31. The second kappa shape index (κ2) is 10.9. The summed E-state index contributed by atoms with van der Waals surface area (Å²) in [7, 11) is 0. The van der Waals surface area contributed by atoms with Crippen molar-refractivity contribution in [2.45, 2.75) is 20.1 Å². The number of anilines is 1. The summed E-state index contributed by atoms with van der Waals surface area (Å²) in [5.74, 6) is -2.02. The molecule has 0 bridgehead atoms. The van der Waals surface area contributed by atoms with Crippen molar-refractivity contribution in [3.8, 4) is 22.1 Å². The van der Waals surface area contributed by atoms with Crippen LogP contribution in [-0.4, -0.2) is 44.0 Å². The third-order valence-electron chi connectivity index (χ3n) is 4.56. The number of aldehydes is 1. The van der Waals surface area contributed by atoms with Gasteiger partial charge >= 0.3 is 6.61 Å². The van der Waals surface area contributed by atoms with Gasteiger partial charge in [0.2, 0.25) is 5.13 Å². The number of hydrogen-bond donors (Lipinski definition) is 1. The summed E-state index contributed by atoms with van der Waals surface area (Å²) in [4.78, 5) is 35.6. The summed E-state index contributed by atoms with van der Waals surface area (Å²) in [5.41, 5.74) is 0.622. The van der Waals surface area contributed by atoms with Crippen molar-refractivity contribution in [1.29, 1.82) is 0 Å². The second-order valence-electron chi connectivity index (χ2n) is 7.03. The molecular formula is C22H15F3N6O4S. The molecule has 0 atom stereocenters. The number of hydrogen-bond acceptors (Lipinski definition) is 10. The number of carbonyl (C=O) groups is 2. The molecule has 0 unspecified atom stereocenters. The maximum atomic E-state index is 14.7. The van der Waals surface area contributed by atoms with E-state index in [9.17, 15) is 22.8 Å². The monoisotopic (exact) mass is 516 g/mol. The molecule has 0 aliphatic carbocycles. The average molecular weight is 516 g/mol. The van der Waals surface area contributed by atoms with Crippen LogP contribution in [0.2, 0.25) is 0 Å². The smallest absolute Gasteiger partial charge is 0.387 e. The van der Waals surface area contributed by atoms with E-state index >= 15 is 0 Å². The molecule has 0 saturated carbocycles. The van der Waals surface area contributed by atoms with Gasteiger partial charge in [0.25, 0.3) is 11.1 Å². The van der Waals surface area contributed by atoms with Crippen LogP contribution in [0.4, 0.5) is 18.3 Å². The number of ether oxygens (including phenoxy) is 2. The fourth-order valence-electron chi connectivity index (χ4n) is 3.03. The normalized spacial score (nSPS) is 10.8. The highest BCUT2D eigenvalue weighted by Crippen LogP contribution is 2.36. The molecule has 3 heterocycles. The number of halogens is 3. The number of nitrogens with one attached hydrogen (secondary N) is 1. The Bertz CT molecular complexity index is 1400. The minimum absolute atomic E-state index is 0.00656. The fourth-order valence-corrected chi connectivity index (χ4v) is 3.62. The van der Waals surface area contributed by atoms with Crippen LogP contribution in [0.1, 0.15) is 32.2 Å². The molecule has 4 aromatic rings. The first-order chi connectivity index (χ1) is 17.3. The topological polar surface area (TPSA) is 129 Å². The molecule has 14 heteroatoms. The first kappa shape index (κ1) is 24.7. The van der Waals surface area contributed by atoms with E-state index in [4.69, 9.17) is 4.74 Å². The Kier molecular flexibility index (Phi) is 7.44. The van der Waals surface area contributed by atoms with E-state index in [1.165, 1.54) is 36.8 Å². The zero-order chi connectivity index (χ0) is 25.7. The van der Waals surface area contributed by atoms with Crippen LogP contribution in [0.5, 0.6) is 10.9 Å². The van der Waals surface area contributed by atoms with Crippen molar-refractivity contribution >= 4 is 28.7 Å². The SMILES string of the molecule is Cc1cc(-c2c(F)cccc2OC(F)F)c(C(=O)Nc2nnc(OCc3cnc(C=O)cn3)s2)cn1. The highest BCUT2D eigenvalue weighted by molar-refractivity contribution is 7.17. The van der Waals surface area contributed by atoms with E-state index < -0.39 is 24.1 Å². The number of pyridine rings is 1. The zero-order valence-corrected chi connectivity index (χ0v) is 19.1. The summed E-state index contributed by atoms with van der Waals surface area (Å²) in [6, 6.07) is 4.84. The van der Waals surface area contributed by atoms with Crippen LogP contribution >= 0.6 is 11.3 Å². The number of aryl methyl sites for hydroxylation is 1. The first-order valence-electron chi connectivity index (χ1n) is 10.1. The van der Waals surface area contributed by atoms with Crippen molar-refractivity contribution in [3.05, 3.63) is 71.3 Å². The number of aromatic nitrogens is 5. The minimum Gasteiger partial charge on any atom is -0.462 e. The predicted octanol–water partition coefficient (Wildman–Crippen LogP) is 4.08. The Hall–Kier alpha value is -4.46. The molecule has 36 heavy (non-hydrogen) atoms. The summed E-state index contributed by atoms with van der Waals surface area (Å²) in [6.45, 7) is -1.61. The summed E-state index contributed by atoms with van der Waals surface area (Å²) >= 11 is 0.903. The lowest BCUT2D eigenvalue weighted by atomic mass is 9.98. The van der Waals surface area contributed by atoms with Crippen LogP contribution in [0.15, 0.2) is 42.9 Å². The molecule has 4 rings (SSSR count). The molecule has 0 saturated heterocycles. The summed E-state index contributed by atoms with van der Waals surface area (Å²) < 4.78 is 50.4. The molecule has 0 aliphatic rings. The number of nitrogens with zero attached hydrogens (tertiary/aromatic N) is 5. The fraction of sp³-hybridized carbons (Fsp3) is 0.136. The van der Waals surface area contributed by atoms with Crippen molar-refractivity contribution < 1.29 is 32.2 Å². The number of rotatable bonds is 9. The van der Waals surface area contributed by atoms with Gasteiger partial charge in [-0.05, 0) is 36.5 Å². The second-order valence-corrected chi connectivity index (χ2v) is 7.97. The molecule has 0 radical (unpaired) electrons. The Labute approximate surface area is 205 Å². The number of carbonyl (C=O) groups excluding carboxylic acids is 2. The number of amides is 1. The van der Waals surface area contributed by atoms with Crippen LogP contribution in [0.25, 0.3) is 11.1 Å². The quantitative estimate of drug-likeness (QED) is 0.327. The van der Waals surface area contributed by atoms with Crippen molar-refractivity contribution in [2.24, 2.45) is 0 Å². The maximum Gasteiger partial charge on any atom is 0.387 e. The van der Waals surface area contributed by atoms with Gasteiger partial charge in [0.05, 0.1) is 29.2 Å². The summed E-state index contributed by atoms with van der Waals surface area (Å²) in [6.07, 6.45) is 4.41. The van der Waals surface area contributed by atoms with Gasteiger partial charge in [0, 0.05) is 17.5 Å². The van der Waals surface area contributed by atoms with E-state index in [0.29, 0.717) is 17.7 Å². The first-order valence-corrected chi connectivity index (χ1v) is 10.9. The summed E-state index contributed by atoms with van der Waals surface area (Å²) in [5, 5.41) is 10.3. The van der Waals surface area contributed by atoms with E-state index in [1.807, 2.05) is 0 Å². The van der Waals surface area contributed by atoms with E-state index in [2.05, 4.69) is 35.2 Å². The van der Waals surface area contributed by atoms with E-state index in [-0.39, 0.29) is 39.3 Å². The van der Waals surface area contributed by atoms with Gasteiger partial charge in [-0.15, -0.1) is 5.10 Å². The van der Waals surface area contributed by atoms with Crippen LogP contribution in [-0.2, 0) is 6.61 Å². The largest absolute Gasteiger partial charge is 0.462 e. The molecule has 1 aromatic carbocycles. The molecule has 1 N–H and O–H groups in total. The van der Waals surface area contributed by atoms with Crippen LogP contribution < -0.4 is 14.8 Å². The zero-order valence-electron chi connectivity index (χ0n) is 18.3. The average Bonchev–Trinajstić information content (AvgIpc) is 3.30. The van der Waals surface area contributed by atoms with Gasteiger partial charge in [0.1, 0.15) is 23.9 Å². The van der Waals surface area contributed by atoms with Gasteiger partial charge in [-0.1, -0.05) is 11.2 Å². The van der Waals surface area contributed by atoms with Gasteiger partial charge in [0.15, 0.2) is 6.29 Å². The van der Waals surface area contributed by atoms with Gasteiger partial charge in [-0.3, -0.25) is 24.9 Å². The lowest BCUT2D eigenvalue weighted by molar-refractivity contribution is -0.0495. The van der Waals surface area contributed by atoms with Crippen molar-refractivity contribution in [2.75, 3.05) is 5.32 Å². The van der Waals surface area contributed by atoms with Gasteiger partial charge < -0.3 is 9.47 Å². The molecule has 0 aliphatic heterocycles. The van der Waals surface area contributed by atoms with Crippen molar-refractivity contribution in [3.63, 3.8) is 0 Å². The number of benzene rings is 1.